The molecular formula is C18H21NOS. The van der Waals surface area contributed by atoms with Crippen molar-refractivity contribution in [2.24, 2.45) is 0 Å². The Labute approximate surface area is 130 Å². The average Bonchev–Trinajstić information content (AvgIpc) is 2.93. The van der Waals surface area contributed by atoms with Crippen molar-refractivity contribution >= 4 is 17.2 Å². The van der Waals surface area contributed by atoms with Crippen LogP contribution in [0.4, 0.5) is 0 Å². The fourth-order valence-electron chi connectivity index (χ4n) is 2.98. The maximum absolute atomic E-state index is 12.3. The molecule has 2 nitrogen and oxygen atoms in total. The van der Waals surface area contributed by atoms with Gasteiger partial charge >= 0.3 is 0 Å². The van der Waals surface area contributed by atoms with Crippen LogP contribution in [0.3, 0.4) is 0 Å². The molecule has 1 aliphatic carbocycles. The number of aryl methyl sites for hydroxylation is 2. The predicted molar refractivity (Wildman–Crippen MR) is 88.2 cm³/mol. The predicted octanol–water partition coefficient (Wildman–Crippen LogP) is 3.91. The molecule has 0 saturated carbocycles. The smallest absolute Gasteiger partial charge is 0.252 e. The van der Waals surface area contributed by atoms with Gasteiger partial charge in [-0.15, -0.1) is 11.3 Å². The number of benzene rings is 1. The quantitative estimate of drug-likeness (QED) is 0.911. The molecule has 110 valence electrons. The Balaban J connectivity index is 1.60. The second-order valence-electron chi connectivity index (χ2n) is 5.69. The summed E-state index contributed by atoms with van der Waals surface area (Å²) in [7, 11) is 0. The fourth-order valence-corrected chi connectivity index (χ4v) is 4.11. The molecule has 21 heavy (non-hydrogen) atoms. The second kappa shape index (κ2) is 6.44. The Morgan fingerprint density at radius 2 is 2.05 bits per heavy atom. The van der Waals surface area contributed by atoms with Crippen molar-refractivity contribution in [2.75, 3.05) is 6.54 Å². The number of hydrogen-bond acceptors (Lipinski definition) is 2. The third kappa shape index (κ3) is 3.18. The summed E-state index contributed by atoms with van der Waals surface area (Å²) in [6, 6.07) is 8.36. The van der Waals surface area contributed by atoms with E-state index >= 15 is 0 Å². The summed E-state index contributed by atoms with van der Waals surface area (Å²) in [6.07, 6.45) is 5.59. The third-order valence-electron chi connectivity index (χ3n) is 4.25. The molecule has 1 amide bonds. The zero-order chi connectivity index (χ0) is 14.7. The Morgan fingerprint density at radius 1 is 1.24 bits per heavy atom. The molecule has 3 rings (SSSR count). The van der Waals surface area contributed by atoms with Crippen LogP contribution >= 0.6 is 11.3 Å². The van der Waals surface area contributed by atoms with E-state index in [2.05, 4.69) is 36.5 Å². The van der Waals surface area contributed by atoms with Crippen molar-refractivity contribution in [2.45, 2.75) is 39.0 Å². The zero-order valence-corrected chi connectivity index (χ0v) is 13.3. The number of thiophene rings is 1. The Kier molecular flexibility index (Phi) is 4.39. The first-order valence-corrected chi connectivity index (χ1v) is 8.55. The molecule has 1 N–H and O–H groups in total. The van der Waals surface area contributed by atoms with Crippen LogP contribution in [0.1, 0.15) is 44.8 Å². The average molecular weight is 299 g/mol. The number of amides is 1. The summed E-state index contributed by atoms with van der Waals surface area (Å²) >= 11 is 1.75. The van der Waals surface area contributed by atoms with Gasteiger partial charge in [0, 0.05) is 16.8 Å². The van der Waals surface area contributed by atoms with Crippen molar-refractivity contribution in [3.05, 3.63) is 56.8 Å². The molecule has 1 aromatic carbocycles. The first-order chi connectivity index (χ1) is 10.3. The third-order valence-corrected chi connectivity index (χ3v) is 5.34. The van der Waals surface area contributed by atoms with E-state index in [1.165, 1.54) is 34.4 Å². The molecule has 1 heterocycles. The zero-order valence-electron chi connectivity index (χ0n) is 12.4. The van der Waals surface area contributed by atoms with E-state index in [9.17, 15) is 4.79 Å². The summed E-state index contributed by atoms with van der Waals surface area (Å²) in [5, 5.41) is 5.12. The van der Waals surface area contributed by atoms with Gasteiger partial charge in [-0.05, 0) is 55.7 Å². The van der Waals surface area contributed by atoms with E-state index in [0.29, 0.717) is 6.54 Å². The number of carbonyl (C=O) groups is 1. The van der Waals surface area contributed by atoms with Crippen molar-refractivity contribution < 1.29 is 4.79 Å². The van der Waals surface area contributed by atoms with E-state index in [-0.39, 0.29) is 5.91 Å². The lowest BCUT2D eigenvalue weighted by atomic mass is 9.95. The van der Waals surface area contributed by atoms with Gasteiger partial charge in [0.25, 0.3) is 5.91 Å². The Bertz CT molecular complexity index is 644. The minimum atomic E-state index is 0.1000. The number of hydrogen-bond donors (Lipinski definition) is 1. The highest BCUT2D eigenvalue weighted by molar-refractivity contribution is 7.10. The molecule has 1 aliphatic rings. The topological polar surface area (TPSA) is 29.1 Å². The molecule has 0 atom stereocenters. The lowest BCUT2D eigenvalue weighted by Gasteiger charge is -2.13. The van der Waals surface area contributed by atoms with Crippen LogP contribution in [0.25, 0.3) is 0 Å². The van der Waals surface area contributed by atoms with Crippen molar-refractivity contribution in [1.29, 1.82) is 0 Å². The van der Waals surface area contributed by atoms with Gasteiger partial charge in [-0.2, -0.15) is 0 Å². The lowest BCUT2D eigenvalue weighted by Crippen LogP contribution is -2.26. The number of fused-ring (bicyclic) bond motifs is 1. The second-order valence-corrected chi connectivity index (χ2v) is 6.65. The molecule has 0 aliphatic heterocycles. The van der Waals surface area contributed by atoms with E-state index < -0.39 is 0 Å². The minimum absolute atomic E-state index is 0.1000. The van der Waals surface area contributed by atoms with Crippen LogP contribution < -0.4 is 5.32 Å². The van der Waals surface area contributed by atoms with E-state index in [1.54, 1.807) is 11.3 Å². The number of nitrogens with one attached hydrogen (secondary N) is 1. The van der Waals surface area contributed by atoms with Gasteiger partial charge in [-0.25, -0.2) is 0 Å². The van der Waals surface area contributed by atoms with Gasteiger partial charge in [0.1, 0.15) is 0 Å². The normalized spacial score (nSPS) is 13.8. The van der Waals surface area contributed by atoms with Gasteiger partial charge in [-0.3, -0.25) is 4.79 Å². The monoisotopic (exact) mass is 299 g/mol. The van der Waals surface area contributed by atoms with Crippen LogP contribution in [0.5, 0.6) is 0 Å². The molecule has 3 heteroatoms. The van der Waals surface area contributed by atoms with Crippen LogP contribution in [-0.4, -0.2) is 12.5 Å². The van der Waals surface area contributed by atoms with Gasteiger partial charge < -0.3 is 5.32 Å². The number of carbonyl (C=O) groups excluding carboxylic acids is 1. The van der Waals surface area contributed by atoms with Crippen molar-refractivity contribution in [1.82, 2.24) is 5.32 Å². The van der Waals surface area contributed by atoms with Gasteiger partial charge in [0.05, 0.1) is 5.56 Å². The molecule has 0 fully saturated rings. The van der Waals surface area contributed by atoms with Crippen molar-refractivity contribution in [3.8, 4) is 0 Å². The maximum Gasteiger partial charge on any atom is 0.252 e. The molecule has 2 aromatic rings. The van der Waals surface area contributed by atoms with Gasteiger partial charge in [-0.1, -0.05) is 24.3 Å². The van der Waals surface area contributed by atoms with Crippen molar-refractivity contribution in [3.63, 3.8) is 0 Å². The van der Waals surface area contributed by atoms with Gasteiger partial charge in [0.2, 0.25) is 0 Å². The SMILES string of the molecule is Cc1ccccc1CCNC(=O)c1csc2c1CCCC2. The molecule has 0 radical (unpaired) electrons. The Morgan fingerprint density at radius 3 is 2.90 bits per heavy atom. The van der Waals surface area contributed by atoms with Crippen LogP contribution in [-0.2, 0) is 19.3 Å². The molecule has 0 spiro atoms. The first-order valence-electron chi connectivity index (χ1n) is 7.67. The summed E-state index contributed by atoms with van der Waals surface area (Å²) in [5.41, 5.74) is 4.82. The fraction of sp³-hybridized carbons (Fsp3) is 0.389. The highest BCUT2D eigenvalue weighted by Crippen LogP contribution is 2.30. The maximum atomic E-state index is 12.3. The summed E-state index contributed by atoms with van der Waals surface area (Å²) in [5.74, 6) is 0.1000. The summed E-state index contributed by atoms with van der Waals surface area (Å²) in [4.78, 5) is 13.8. The van der Waals surface area contributed by atoms with E-state index in [0.717, 1.165) is 24.8 Å². The lowest BCUT2D eigenvalue weighted by molar-refractivity contribution is 0.0953. The highest BCUT2D eigenvalue weighted by Gasteiger charge is 2.19. The number of rotatable bonds is 4. The van der Waals surface area contributed by atoms with E-state index in [4.69, 9.17) is 0 Å². The Hall–Kier alpha value is -1.61. The van der Waals surface area contributed by atoms with E-state index in [1.807, 2.05) is 5.38 Å². The largest absolute Gasteiger partial charge is 0.352 e. The highest BCUT2D eigenvalue weighted by atomic mass is 32.1. The summed E-state index contributed by atoms with van der Waals surface area (Å²) < 4.78 is 0. The molecule has 0 bridgehead atoms. The minimum Gasteiger partial charge on any atom is -0.352 e. The van der Waals surface area contributed by atoms with Gasteiger partial charge in [0.15, 0.2) is 0 Å². The molecule has 0 unspecified atom stereocenters. The van der Waals surface area contributed by atoms with Crippen LogP contribution in [0, 0.1) is 6.92 Å². The molecule has 0 saturated heterocycles. The standard InChI is InChI=1S/C18H21NOS/c1-13-6-2-3-7-14(13)10-11-19-18(20)16-12-21-17-9-5-4-8-15(16)17/h2-3,6-7,12H,4-5,8-11H2,1H3,(H,19,20). The van der Waals surface area contributed by atoms with Crippen LogP contribution in [0.15, 0.2) is 29.6 Å². The molecular weight excluding hydrogens is 278 g/mol. The van der Waals surface area contributed by atoms with Crippen LogP contribution in [0.2, 0.25) is 0 Å². The molecule has 1 aromatic heterocycles. The summed E-state index contributed by atoms with van der Waals surface area (Å²) in [6.45, 7) is 2.82. The first kappa shape index (κ1) is 14.3.